The molecule has 1 N–H and O–H groups in total. The van der Waals surface area contributed by atoms with Crippen LogP contribution < -0.4 is 0 Å². The highest BCUT2D eigenvalue weighted by Gasteiger charge is 2.67. The lowest BCUT2D eigenvalue weighted by Gasteiger charge is -2.44. The molecule has 0 amide bonds. The molecule has 3 unspecified atom stereocenters. The summed E-state index contributed by atoms with van der Waals surface area (Å²) in [4.78, 5) is 0. The minimum Gasteiger partial charge on any atom is -0.390 e. The third-order valence-electron chi connectivity index (χ3n) is 6.79. The zero-order valence-electron chi connectivity index (χ0n) is 11.2. The van der Waals surface area contributed by atoms with Gasteiger partial charge in [0.05, 0.1) is 5.60 Å². The first-order chi connectivity index (χ1) is 7.31. The molecule has 3 rings (SSSR count). The molecule has 1 heteroatoms. The predicted octanol–water partition coefficient (Wildman–Crippen LogP) is 3.61. The molecule has 0 heterocycles. The fraction of sp³-hybridized carbons (Fsp3) is 1.00. The maximum absolute atomic E-state index is 10.6. The lowest BCUT2D eigenvalue weighted by Crippen LogP contribution is -2.44. The molecule has 1 nitrogen and oxygen atoms in total. The summed E-state index contributed by atoms with van der Waals surface area (Å²) >= 11 is 0. The van der Waals surface area contributed by atoms with Crippen LogP contribution in [0, 0.1) is 28.6 Å². The lowest BCUT2D eigenvalue weighted by atomic mass is 9.64. The molecule has 0 radical (unpaired) electrons. The Labute approximate surface area is 99.6 Å². The van der Waals surface area contributed by atoms with Crippen molar-refractivity contribution in [3.05, 3.63) is 0 Å². The van der Waals surface area contributed by atoms with Crippen molar-refractivity contribution >= 4 is 0 Å². The van der Waals surface area contributed by atoms with Crippen LogP contribution in [0.1, 0.15) is 59.8 Å². The van der Waals surface area contributed by atoms with Crippen molar-refractivity contribution in [2.45, 2.75) is 65.4 Å². The molecule has 3 aliphatic rings. The second-order valence-electron chi connectivity index (χ2n) is 7.70. The molecule has 0 aromatic rings. The maximum atomic E-state index is 10.6. The van der Waals surface area contributed by atoms with Gasteiger partial charge in [-0.15, -0.1) is 0 Å². The highest BCUT2D eigenvalue weighted by molar-refractivity contribution is 5.16. The highest BCUT2D eigenvalue weighted by Crippen LogP contribution is 2.73. The van der Waals surface area contributed by atoms with Crippen LogP contribution in [0.25, 0.3) is 0 Å². The Bertz CT molecular complexity index is 313. The Morgan fingerprint density at radius 2 is 1.69 bits per heavy atom. The van der Waals surface area contributed by atoms with E-state index >= 15 is 0 Å². The second kappa shape index (κ2) is 2.85. The van der Waals surface area contributed by atoms with Gasteiger partial charge in [-0.3, -0.25) is 0 Å². The van der Waals surface area contributed by atoms with Gasteiger partial charge in [-0.1, -0.05) is 20.8 Å². The molecule has 0 aromatic heterocycles. The van der Waals surface area contributed by atoms with Crippen molar-refractivity contribution in [1.29, 1.82) is 0 Å². The summed E-state index contributed by atoms with van der Waals surface area (Å²) in [5.74, 6) is 2.29. The van der Waals surface area contributed by atoms with Gasteiger partial charge >= 0.3 is 0 Å². The number of hydrogen-bond acceptors (Lipinski definition) is 1. The smallest absolute Gasteiger partial charge is 0.0653 e. The Hall–Kier alpha value is -0.0400. The molecule has 3 fully saturated rings. The van der Waals surface area contributed by atoms with E-state index in [1.54, 1.807) is 0 Å². The van der Waals surface area contributed by atoms with Crippen molar-refractivity contribution in [3.63, 3.8) is 0 Å². The van der Waals surface area contributed by atoms with Gasteiger partial charge in [0.15, 0.2) is 0 Å². The third-order valence-corrected chi connectivity index (χ3v) is 6.79. The fourth-order valence-corrected chi connectivity index (χ4v) is 5.88. The van der Waals surface area contributed by atoms with Crippen molar-refractivity contribution < 1.29 is 5.11 Å². The zero-order chi connectivity index (χ0) is 11.8. The van der Waals surface area contributed by atoms with Crippen LogP contribution in [-0.4, -0.2) is 10.7 Å². The molecule has 1 spiro atoms. The summed E-state index contributed by atoms with van der Waals surface area (Å²) in [6.07, 6.45) is 6.41. The molecule has 92 valence electrons. The summed E-state index contributed by atoms with van der Waals surface area (Å²) in [5.41, 5.74) is 0.542. The fourth-order valence-electron chi connectivity index (χ4n) is 5.88. The average molecular weight is 222 g/mol. The lowest BCUT2D eigenvalue weighted by molar-refractivity contribution is -0.0717. The summed E-state index contributed by atoms with van der Waals surface area (Å²) in [6.45, 7) is 9.38. The minimum absolute atomic E-state index is 0.352. The van der Waals surface area contributed by atoms with Crippen molar-refractivity contribution in [3.8, 4) is 0 Å². The third kappa shape index (κ3) is 1.06. The van der Waals surface area contributed by atoms with Crippen LogP contribution in [0.3, 0.4) is 0 Å². The largest absolute Gasteiger partial charge is 0.390 e. The van der Waals surface area contributed by atoms with Gasteiger partial charge in [-0.25, -0.2) is 0 Å². The first-order valence-corrected chi connectivity index (χ1v) is 7.03. The van der Waals surface area contributed by atoms with E-state index in [0.29, 0.717) is 16.7 Å². The molecule has 0 aliphatic heterocycles. The SMILES string of the molecule is C[C@@H]1CCC2C(C)(C)C3C[C@]21CCC3(C)O. The van der Waals surface area contributed by atoms with Gasteiger partial charge in [0.25, 0.3) is 0 Å². The first-order valence-electron chi connectivity index (χ1n) is 7.03. The molecule has 0 saturated heterocycles. The normalized spacial score (nSPS) is 58.7. The summed E-state index contributed by atoms with van der Waals surface area (Å²) < 4.78 is 0. The maximum Gasteiger partial charge on any atom is 0.0653 e. The molecular formula is C15H26O. The minimum atomic E-state index is -0.404. The molecule has 3 aliphatic carbocycles. The van der Waals surface area contributed by atoms with Crippen LogP contribution in [0.15, 0.2) is 0 Å². The van der Waals surface area contributed by atoms with E-state index in [4.69, 9.17) is 0 Å². The van der Waals surface area contributed by atoms with Gasteiger partial charge in [-0.2, -0.15) is 0 Å². The molecule has 2 bridgehead atoms. The number of rotatable bonds is 0. The van der Waals surface area contributed by atoms with Crippen LogP contribution >= 0.6 is 0 Å². The predicted molar refractivity (Wildman–Crippen MR) is 66.1 cm³/mol. The molecular weight excluding hydrogens is 196 g/mol. The van der Waals surface area contributed by atoms with Crippen LogP contribution in [0.4, 0.5) is 0 Å². The second-order valence-corrected chi connectivity index (χ2v) is 7.70. The Morgan fingerprint density at radius 1 is 1.00 bits per heavy atom. The van der Waals surface area contributed by atoms with Crippen molar-refractivity contribution in [2.24, 2.45) is 28.6 Å². The van der Waals surface area contributed by atoms with E-state index in [0.717, 1.165) is 18.3 Å². The number of hydrogen-bond donors (Lipinski definition) is 1. The number of fused-ring (bicyclic) bond motifs is 1. The molecule has 3 saturated carbocycles. The van der Waals surface area contributed by atoms with Gasteiger partial charge < -0.3 is 5.11 Å². The molecule has 5 atom stereocenters. The zero-order valence-corrected chi connectivity index (χ0v) is 11.2. The first kappa shape index (κ1) is 11.1. The van der Waals surface area contributed by atoms with E-state index in [9.17, 15) is 5.11 Å². The van der Waals surface area contributed by atoms with E-state index in [-0.39, 0.29) is 0 Å². The van der Waals surface area contributed by atoms with Crippen LogP contribution in [0.2, 0.25) is 0 Å². The monoisotopic (exact) mass is 222 g/mol. The van der Waals surface area contributed by atoms with Gasteiger partial charge in [-0.05, 0) is 67.6 Å². The average Bonchev–Trinajstić information content (AvgIpc) is 2.58. The van der Waals surface area contributed by atoms with Gasteiger partial charge in [0.2, 0.25) is 0 Å². The van der Waals surface area contributed by atoms with E-state index in [1.807, 2.05) is 0 Å². The quantitative estimate of drug-likeness (QED) is 0.664. The summed E-state index contributed by atoms with van der Waals surface area (Å²) in [7, 11) is 0. The van der Waals surface area contributed by atoms with Crippen molar-refractivity contribution in [2.75, 3.05) is 0 Å². The standard InChI is InChI=1S/C15H26O/c1-10-5-6-11-13(2,3)12-9-15(10,11)8-7-14(12,4)16/h10-12,16H,5-9H2,1-4H3/t10-,11?,12?,14?,15+/m1/s1. The summed E-state index contributed by atoms with van der Waals surface area (Å²) in [6, 6.07) is 0. The topological polar surface area (TPSA) is 20.2 Å². The van der Waals surface area contributed by atoms with Crippen molar-refractivity contribution in [1.82, 2.24) is 0 Å². The van der Waals surface area contributed by atoms with E-state index in [2.05, 4.69) is 27.7 Å². The Balaban J connectivity index is 2.07. The highest BCUT2D eigenvalue weighted by atomic mass is 16.3. The summed E-state index contributed by atoms with van der Waals surface area (Å²) in [5, 5.41) is 10.6. The molecule has 16 heavy (non-hydrogen) atoms. The molecule has 0 aromatic carbocycles. The van der Waals surface area contributed by atoms with Crippen LogP contribution in [-0.2, 0) is 0 Å². The van der Waals surface area contributed by atoms with E-state index < -0.39 is 5.60 Å². The van der Waals surface area contributed by atoms with Gasteiger partial charge in [0, 0.05) is 0 Å². The van der Waals surface area contributed by atoms with Crippen LogP contribution in [0.5, 0.6) is 0 Å². The Morgan fingerprint density at radius 3 is 2.38 bits per heavy atom. The Kier molecular flexibility index (Phi) is 1.98. The number of aliphatic hydroxyl groups is 1. The van der Waals surface area contributed by atoms with E-state index in [1.165, 1.54) is 25.7 Å². The van der Waals surface area contributed by atoms with Gasteiger partial charge in [0.1, 0.15) is 0 Å².